The predicted molar refractivity (Wildman–Crippen MR) is 291 cm³/mol. The van der Waals surface area contributed by atoms with Gasteiger partial charge in [0.2, 0.25) is 0 Å². The number of hydrogen-bond donors (Lipinski definition) is 4. The number of benzene rings is 4. The van der Waals surface area contributed by atoms with Crippen molar-refractivity contribution in [1.82, 2.24) is 20.4 Å². The molecule has 0 aromatic heterocycles. The molecule has 2 fully saturated rings. The molecule has 2 aliphatic heterocycles. The number of rotatable bonds is 10. The molecule has 376 valence electrons. The first kappa shape index (κ1) is 58.1. The Hall–Kier alpha value is -4.18. The lowest BCUT2D eigenvalue weighted by Crippen LogP contribution is -2.34. The van der Waals surface area contributed by atoms with Crippen LogP contribution in [-0.4, -0.2) is 99.6 Å². The van der Waals surface area contributed by atoms with Crippen molar-refractivity contribution in [2.75, 3.05) is 64.2 Å². The second-order valence-corrected chi connectivity index (χ2v) is 22.1. The van der Waals surface area contributed by atoms with E-state index in [1.165, 1.54) is 29.8 Å². The lowest BCUT2D eigenvalue weighted by molar-refractivity contribution is 0.0496. The smallest absolute Gasteiger partial charge is 0.408 e. The van der Waals surface area contributed by atoms with E-state index in [4.69, 9.17) is 20.9 Å². The van der Waals surface area contributed by atoms with E-state index in [1.807, 2.05) is 124 Å². The van der Waals surface area contributed by atoms with Crippen LogP contribution in [0.15, 0.2) is 106 Å². The molecule has 2 saturated heterocycles. The quantitative estimate of drug-likeness (QED) is 0.121. The fraction of sp³-hybridized carbons (Fsp3) is 0.519. The lowest BCUT2D eigenvalue weighted by atomic mass is 10.1. The van der Waals surface area contributed by atoms with Crippen molar-refractivity contribution in [3.8, 4) is 0 Å². The van der Waals surface area contributed by atoms with Gasteiger partial charge in [0.15, 0.2) is 0 Å². The molecule has 4 aromatic carbocycles. The van der Waals surface area contributed by atoms with Crippen LogP contribution in [0, 0.1) is 0 Å². The van der Waals surface area contributed by atoms with Crippen LogP contribution in [0.4, 0.5) is 21.0 Å². The van der Waals surface area contributed by atoms with Gasteiger partial charge in [-0.25, -0.2) is 9.59 Å². The van der Waals surface area contributed by atoms with E-state index >= 15 is 0 Å². The Kier molecular flexibility index (Phi) is 23.3. The van der Waals surface area contributed by atoms with Crippen LogP contribution in [0.3, 0.4) is 0 Å². The van der Waals surface area contributed by atoms with Gasteiger partial charge in [-0.3, -0.25) is 0 Å². The minimum Gasteiger partial charge on any atom is -0.444 e. The van der Waals surface area contributed by atoms with Crippen LogP contribution in [0.25, 0.3) is 0 Å². The van der Waals surface area contributed by atoms with Gasteiger partial charge in [-0.15, -0.1) is 0 Å². The molecular formula is C54H82Br2N8O4. The second-order valence-electron chi connectivity index (χ2n) is 20.3. The summed E-state index contributed by atoms with van der Waals surface area (Å²) in [5.74, 6) is 0. The van der Waals surface area contributed by atoms with Crippen LogP contribution < -0.4 is 31.9 Å². The highest BCUT2D eigenvalue weighted by atomic mass is 79.9. The van der Waals surface area contributed by atoms with E-state index < -0.39 is 17.3 Å². The van der Waals surface area contributed by atoms with Crippen molar-refractivity contribution in [2.24, 2.45) is 11.5 Å². The van der Waals surface area contributed by atoms with Gasteiger partial charge in [-0.2, -0.15) is 0 Å². The van der Waals surface area contributed by atoms with Crippen LogP contribution in [0.1, 0.15) is 129 Å². The zero-order valence-corrected chi connectivity index (χ0v) is 46.4. The SMILES string of the molecule is C[C@H](N)c1cccc(Br)c1.C[C@H](N)c1cccc(N2CC[C@@H](N(C)C)C2)c1.C[C@H](NC(=O)OC(C)(C)C)c1cccc(Br)c1.C[C@H](NC(=O)OC(C)(C)C)c1cccc(N2CC[C@@H](N(C)C)C2)c1. The van der Waals surface area contributed by atoms with Gasteiger partial charge in [0, 0.05) is 70.7 Å². The number of amides is 2. The molecule has 6 N–H and O–H groups in total. The zero-order valence-electron chi connectivity index (χ0n) is 43.3. The van der Waals surface area contributed by atoms with Gasteiger partial charge < -0.3 is 51.2 Å². The number of likely N-dealkylation sites (N-methyl/N-ethyl adjacent to an activating group) is 2. The predicted octanol–water partition coefficient (Wildman–Crippen LogP) is 11.8. The number of carbonyl (C=O) groups is 2. The summed E-state index contributed by atoms with van der Waals surface area (Å²) in [6, 6.07) is 34.2. The van der Waals surface area contributed by atoms with E-state index in [0.29, 0.717) is 12.1 Å². The highest BCUT2D eigenvalue weighted by Crippen LogP contribution is 2.27. The van der Waals surface area contributed by atoms with Crippen molar-refractivity contribution in [3.05, 3.63) is 128 Å². The van der Waals surface area contributed by atoms with Crippen LogP contribution in [0.5, 0.6) is 0 Å². The normalized spacial score (nSPS) is 17.6. The molecular weight excluding hydrogens is 984 g/mol. The van der Waals surface area contributed by atoms with Crippen molar-refractivity contribution < 1.29 is 19.1 Å². The third-order valence-electron chi connectivity index (χ3n) is 11.5. The van der Waals surface area contributed by atoms with Crippen molar-refractivity contribution in [3.63, 3.8) is 0 Å². The molecule has 2 heterocycles. The summed E-state index contributed by atoms with van der Waals surface area (Å²) in [4.78, 5) is 33.0. The molecule has 0 aliphatic carbocycles. The third-order valence-corrected chi connectivity index (χ3v) is 12.5. The van der Waals surface area contributed by atoms with Gasteiger partial charge in [0.1, 0.15) is 11.2 Å². The van der Waals surface area contributed by atoms with E-state index in [9.17, 15) is 9.59 Å². The Balaban J connectivity index is 0.000000250. The zero-order chi connectivity index (χ0) is 50.9. The fourth-order valence-electron chi connectivity index (χ4n) is 7.49. The molecule has 0 spiro atoms. The largest absolute Gasteiger partial charge is 0.444 e. The maximum Gasteiger partial charge on any atom is 0.408 e. The van der Waals surface area contributed by atoms with Crippen LogP contribution >= 0.6 is 31.9 Å². The minimum absolute atomic E-state index is 0.0812. The molecule has 2 aliphatic rings. The van der Waals surface area contributed by atoms with Gasteiger partial charge in [0.25, 0.3) is 0 Å². The Labute approximate surface area is 426 Å². The maximum atomic E-state index is 12.0. The summed E-state index contributed by atoms with van der Waals surface area (Å²) in [7, 11) is 8.59. The van der Waals surface area contributed by atoms with Gasteiger partial charge in [-0.05, 0) is 181 Å². The molecule has 6 rings (SSSR count). The van der Waals surface area contributed by atoms with Crippen molar-refractivity contribution >= 4 is 55.4 Å². The highest BCUT2D eigenvalue weighted by molar-refractivity contribution is 9.10. The number of anilines is 2. The maximum absolute atomic E-state index is 12.0. The highest BCUT2D eigenvalue weighted by Gasteiger charge is 2.26. The summed E-state index contributed by atoms with van der Waals surface area (Å²) >= 11 is 6.78. The number of hydrogen-bond acceptors (Lipinski definition) is 10. The standard InChI is InChI=1S/C19H31N3O2.C14H23N3.C13H18BrNO2.C8H10BrN/c1-14(20-18(23)24-19(2,3)4)15-8-7-9-16(12-15)22-11-10-17(13-22)21(5)6;1-11(15)12-5-4-6-13(9-12)17-8-7-14(10-17)16(2)3;1-9(10-6-5-7-11(14)8-10)15-12(16)17-13(2,3)4;1-6(10)7-3-2-4-8(9)5-7/h7-9,12,14,17H,10-11,13H2,1-6H3,(H,20,23);4-6,9,11,14H,7-8,10,15H2,1-3H3;5-9H,1-4H3,(H,15,16);2-6H,10H2,1H3/t14-,17+;11-,14+;9-;6-/m0000/s1. The first-order chi connectivity index (χ1) is 31.7. The summed E-state index contributed by atoms with van der Waals surface area (Å²) in [5.41, 5.74) is 17.7. The molecule has 0 radical (unpaired) electrons. The Morgan fingerprint density at radius 2 is 0.897 bits per heavy atom. The number of alkyl carbamates (subject to hydrolysis) is 2. The molecule has 0 bridgehead atoms. The molecule has 12 nitrogen and oxygen atoms in total. The number of nitrogens with one attached hydrogen (secondary N) is 2. The van der Waals surface area contributed by atoms with Gasteiger partial charge >= 0.3 is 12.2 Å². The molecule has 68 heavy (non-hydrogen) atoms. The topological polar surface area (TPSA) is 142 Å². The number of nitrogens with two attached hydrogens (primary N) is 2. The average Bonchev–Trinajstić information content (AvgIpc) is 3.95. The fourth-order valence-corrected chi connectivity index (χ4v) is 8.33. The number of nitrogens with zero attached hydrogens (tertiary/aromatic N) is 4. The Morgan fingerprint density at radius 3 is 1.22 bits per heavy atom. The molecule has 4 aromatic rings. The lowest BCUT2D eigenvalue weighted by Gasteiger charge is -2.24. The van der Waals surface area contributed by atoms with Crippen LogP contribution in [0.2, 0.25) is 0 Å². The molecule has 6 atom stereocenters. The van der Waals surface area contributed by atoms with E-state index in [1.54, 1.807) is 0 Å². The van der Waals surface area contributed by atoms with E-state index in [2.05, 4.69) is 133 Å². The third kappa shape index (κ3) is 21.2. The monoisotopic (exact) mass is 1060 g/mol. The first-order valence-corrected chi connectivity index (χ1v) is 25.3. The molecule has 2 amide bonds. The van der Waals surface area contributed by atoms with Gasteiger partial charge in [0.05, 0.1) is 12.1 Å². The number of carbonyl (C=O) groups excluding carboxylic acids is 2. The Bertz CT molecular complexity index is 2160. The summed E-state index contributed by atoms with van der Waals surface area (Å²) in [5, 5.41) is 5.71. The van der Waals surface area contributed by atoms with Crippen molar-refractivity contribution in [1.29, 1.82) is 0 Å². The second kappa shape index (κ2) is 27.3. The minimum atomic E-state index is -0.484. The summed E-state index contributed by atoms with van der Waals surface area (Å²) in [6.45, 7) is 23.4. The number of halogens is 2. The average molecular weight is 1070 g/mol. The van der Waals surface area contributed by atoms with Crippen molar-refractivity contribution in [2.45, 2.75) is 130 Å². The van der Waals surface area contributed by atoms with E-state index in [0.717, 1.165) is 51.8 Å². The Morgan fingerprint density at radius 1 is 0.574 bits per heavy atom. The first-order valence-electron chi connectivity index (χ1n) is 23.7. The summed E-state index contributed by atoms with van der Waals surface area (Å²) < 4.78 is 12.6. The number of ether oxygens (including phenoxy) is 2. The summed E-state index contributed by atoms with van der Waals surface area (Å²) in [6.07, 6.45) is 1.65. The molecule has 14 heteroatoms. The molecule has 0 unspecified atom stereocenters. The molecule has 0 saturated carbocycles. The van der Waals surface area contributed by atoms with E-state index in [-0.39, 0.29) is 30.3 Å². The van der Waals surface area contributed by atoms with Gasteiger partial charge in [-0.1, -0.05) is 80.4 Å². The van der Waals surface area contributed by atoms with Crippen LogP contribution in [-0.2, 0) is 9.47 Å².